The lowest BCUT2D eigenvalue weighted by Gasteiger charge is -2.20. The first-order chi connectivity index (χ1) is 11.2. The normalized spacial score (nSPS) is 10.1. The van der Waals surface area contributed by atoms with Crippen LogP contribution in [-0.2, 0) is 16.0 Å². The van der Waals surface area contributed by atoms with Gasteiger partial charge in [0.2, 0.25) is 0 Å². The smallest absolute Gasteiger partial charge is 0.316 e. The fourth-order valence-electron chi connectivity index (χ4n) is 2.39. The van der Waals surface area contributed by atoms with Gasteiger partial charge in [0.25, 0.3) is 0 Å². The zero-order valence-corrected chi connectivity index (χ0v) is 13.4. The van der Waals surface area contributed by atoms with Gasteiger partial charge in [0.15, 0.2) is 0 Å². The number of carbonyl (C=O) groups is 2. The number of hydrogen-bond acceptors (Lipinski definition) is 2. The van der Waals surface area contributed by atoms with Crippen LogP contribution < -0.4 is 10.2 Å². The zero-order chi connectivity index (χ0) is 16.5. The summed E-state index contributed by atoms with van der Waals surface area (Å²) in [6.07, 6.45) is 1.69. The minimum Gasteiger partial charge on any atom is -0.348 e. The second-order valence-corrected chi connectivity index (χ2v) is 5.23. The molecule has 0 aliphatic carbocycles. The molecule has 2 aromatic carbocycles. The van der Waals surface area contributed by atoms with Crippen LogP contribution in [0.15, 0.2) is 60.7 Å². The van der Waals surface area contributed by atoms with E-state index >= 15 is 0 Å². The lowest BCUT2D eigenvalue weighted by molar-refractivity contribution is -0.137. The van der Waals surface area contributed by atoms with Crippen LogP contribution in [0.4, 0.5) is 5.69 Å². The second-order valence-electron chi connectivity index (χ2n) is 5.23. The summed E-state index contributed by atoms with van der Waals surface area (Å²) in [5.74, 6) is -1.07. The molecule has 23 heavy (non-hydrogen) atoms. The largest absolute Gasteiger partial charge is 0.348 e. The summed E-state index contributed by atoms with van der Waals surface area (Å²) in [6, 6.07) is 19.3. The molecule has 0 aliphatic heterocycles. The van der Waals surface area contributed by atoms with E-state index in [1.807, 2.05) is 55.5 Å². The summed E-state index contributed by atoms with van der Waals surface area (Å²) < 4.78 is 0. The van der Waals surface area contributed by atoms with Gasteiger partial charge in [-0.3, -0.25) is 9.59 Å². The molecular formula is C19H22N2O2. The highest BCUT2D eigenvalue weighted by Crippen LogP contribution is 2.12. The summed E-state index contributed by atoms with van der Waals surface area (Å²) >= 11 is 0. The number of carbonyl (C=O) groups excluding carboxylic acids is 2. The Labute approximate surface area is 137 Å². The number of aryl methyl sites for hydroxylation is 1. The van der Waals surface area contributed by atoms with E-state index in [1.165, 1.54) is 10.5 Å². The molecule has 120 valence electrons. The molecule has 0 heterocycles. The van der Waals surface area contributed by atoms with Gasteiger partial charge in [-0.05, 0) is 37.5 Å². The number of nitrogens with zero attached hydrogens (tertiary/aromatic N) is 1. The summed E-state index contributed by atoms with van der Waals surface area (Å²) in [4.78, 5) is 25.8. The Morgan fingerprint density at radius 1 is 0.957 bits per heavy atom. The van der Waals surface area contributed by atoms with Crippen molar-refractivity contribution < 1.29 is 9.59 Å². The maximum absolute atomic E-state index is 12.3. The van der Waals surface area contributed by atoms with Crippen molar-refractivity contribution in [2.45, 2.75) is 19.8 Å². The number of benzene rings is 2. The van der Waals surface area contributed by atoms with Gasteiger partial charge < -0.3 is 10.2 Å². The molecule has 0 unspecified atom stereocenters. The molecule has 0 saturated carbocycles. The molecular weight excluding hydrogens is 288 g/mol. The van der Waals surface area contributed by atoms with E-state index in [0.29, 0.717) is 13.1 Å². The van der Waals surface area contributed by atoms with Gasteiger partial charge in [-0.15, -0.1) is 0 Å². The average molecular weight is 310 g/mol. The highest BCUT2D eigenvalue weighted by molar-refractivity contribution is 6.40. The Morgan fingerprint density at radius 2 is 1.57 bits per heavy atom. The average Bonchev–Trinajstić information content (AvgIpc) is 2.61. The Bertz CT molecular complexity index is 626. The molecule has 0 saturated heterocycles. The quantitative estimate of drug-likeness (QED) is 0.659. The van der Waals surface area contributed by atoms with Gasteiger partial charge in [0.1, 0.15) is 0 Å². The van der Waals surface area contributed by atoms with Crippen molar-refractivity contribution in [1.82, 2.24) is 5.32 Å². The summed E-state index contributed by atoms with van der Waals surface area (Å²) in [7, 11) is 0. The fraction of sp³-hybridized carbons (Fsp3) is 0.263. The van der Waals surface area contributed by atoms with Crippen molar-refractivity contribution in [3.8, 4) is 0 Å². The van der Waals surface area contributed by atoms with E-state index in [1.54, 1.807) is 0 Å². The SMILES string of the molecule is CCN(C(=O)C(=O)NCCCc1ccccc1)c1ccccc1. The van der Waals surface area contributed by atoms with E-state index in [9.17, 15) is 9.59 Å². The number of para-hydroxylation sites is 1. The summed E-state index contributed by atoms with van der Waals surface area (Å²) in [5, 5.41) is 2.71. The standard InChI is InChI=1S/C19H22N2O2/c1-2-21(17-13-7-4-8-14-17)19(23)18(22)20-15-9-12-16-10-5-3-6-11-16/h3-8,10-11,13-14H,2,9,12,15H2,1H3,(H,20,22). The molecule has 2 amide bonds. The maximum Gasteiger partial charge on any atom is 0.316 e. The van der Waals surface area contributed by atoms with Gasteiger partial charge in [-0.1, -0.05) is 48.5 Å². The van der Waals surface area contributed by atoms with Gasteiger partial charge in [0.05, 0.1) is 0 Å². The molecule has 0 atom stereocenters. The monoisotopic (exact) mass is 310 g/mol. The molecule has 0 aliphatic rings. The Balaban J connectivity index is 1.81. The first-order valence-electron chi connectivity index (χ1n) is 7.91. The van der Waals surface area contributed by atoms with Crippen LogP contribution in [0.1, 0.15) is 18.9 Å². The van der Waals surface area contributed by atoms with Crippen molar-refractivity contribution in [1.29, 1.82) is 0 Å². The third-order valence-corrected chi connectivity index (χ3v) is 3.59. The zero-order valence-electron chi connectivity index (χ0n) is 13.4. The minimum absolute atomic E-state index is 0.459. The molecule has 1 N–H and O–H groups in total. The molecule has 2 rings (SSSR count). The van der Waals surface area contributed by atoms with Crippen molar-refractivity contribution >= 4 is 17.5 Å². The maximum atomic E-state index is 12.3. The first-order valence-corrected chi connectivity index (χ1v) is 7.91. The predicted molar refractivity (Wildman–Crippen MR) is 92.2 cm³/mol. The Kier molecular flexibility index (Phi) is 6.36. The number of anilines is 1. The number of nitrogens with one attached hydrogen (secondary N) is 1. The van der Waals surface area contributed by atoms with Crippen molar-refractivity contribution in [3.63, 3.8) is 0 Å². The highest BCUT2D eigenvalue weighted by Gasteiger charge is 2.21. The molecule has 2 aromatic rings. The van der Waals surface area contributed by atoms with Gasteiger partial charge in [0, 0.05) is 18.8 Å². The van der Waals surface area contributed by atoms with Crippen molar-refractivity contribution in [2.24, 2.45) is 0 Å². The van der Waals surface area contributed by atoms with Gasteiger partial charge in [-0.25, -0.2) is 0 Å². The van der Waals surface area contributed by atoms with Crippen LogP contribution in [0.3, 0.4) is 0 Å². The third kappa shape index (κ3) is 4.95. The lowest BCUT2D eigenvalue weighted by Crippen LogP contribution is -2.43. The highest BCUT2D eigenvalue weighted by atomic mass is 16.2. The topological polar surface area (TPSA) is 49.4 Å². The Morgan fingerprint density at radius 3 is 2.17 bits per heavy atom. The second kappa shape index (κ2) is 8.73. The molecule has 0 fully saturated rings. The molecule has 0 radical (unpaired) electrons. The number of rotatable bonds is 6. The van der Waals surface area contributed by atoms with Crippen LogP contribution in [-0.4, -0.2) is 24.9 Å². The van der Waals surface area contributed by atoms with E-state index < -0.39 is 11.8 Å². The van der Waals surface area contributed by atoms with Crippen LogP contribution >= 0.6 is 0 Å². The molecule has 4 heteroatoms. The van der Waals surface area contributed by atoms with E-state index in [4.69, 9.17) is 0 Å². The molecule has 0 bridgehead atoms. The van der Waals surface area contributed by atoms with E-state index in [0.717, 1.165) is 18.5 Å². The van der Waals surface area contributed by atoms with Gasteiger partial charge in [-0.2, -0.15) is 0 Å². The first kappa shape index (κ1) is 16.7. The summed E-state index contributed by atoms with van der Waals surface area (Å²) in [6.45, 7) is 2.81. The van der Waals surface area contributed by atoms with Crippen LogP contribution in [0, 0.1) is 0 Å². The van der Waals surface area contributed by atoms with Crippen LogP contribution in [0.2, 0.25) is 0 Å². The van der Waals surface area contributed by atoms with Crippen molar-refractivity contribution in [2.75, 3.05) is 18.0 Å². The molecule has 0 aromatic heterocycles. The predicted octanol–water partition coefficient (Wildman–Crippen LogP) is 2.79. The molecule has 0 spiro atoms. The van der Waals surface area contributed by atoms with Crippen LogP contribution in [0.25, 0.3) is 0 Å². The Hall–Kier alpha value is -2.62. The third-order valence-electron chi connectivity index (χ3n) is 3.59. The summed E-state index contributed by atoms with van der Waals surface area (Å²) in [5.41, 5.74) is 1.96. The van der Waals surface area contributed by atoms with E-state index in [2.05, 4.69) is 17.4 Å². The lowest BCUT2D eigenvalue weighted by atomic mass is 10.1. The number of hydrogen-bond donors (Lipinski definition) is 1. The number of amides is 2. The van der Waals surface area contributed by atoms with Crippen molar-refractivity contribution in [3.05, 3.63) is 66.2 Å². The number of likely N-dealkylation sites (N-methyl/N-ethyl adjacent to an activating group) is 1. The van der Waals surface area contributed by atoms with Crippen LogP contribution in [0.5, 0.6) is 0 Å². The fourth-order valence-corrected chi connectivity index (χ4v) is 2.39. The van der Waals surface area contributed by atoms with E-state index in [-0.39, 0.29) is 0 Å². The minimum atomic E-state index is -0.552. The van der Waals surface area contributed by atoms with Gasteiger partial charge >= 0.3 is 11.8 Å². The molecule has 4 nitrogen and oxygen atoms in total.